The summed E-state index contributed by atoms with van der Waals surface area (Å²) in [5, 5.41) is 5.76. The number of thioether (sulfide) groups is 1. The molecule has 1 unspecified atom stereocenters. The standard InChI is InChI=1S/C11H22N2O2S/c1-4-5-6-13-11(15)8-16-7-10(12-3)9(2)14/h10,12H,4-8H2,1-3H3,(H,13,15). The molecule has 0 fully saturated rings. The zero-order valence-electron chi connectivity index (χ0n) is 10.3. The molecular formula is C11H22N2O2S. The summed E-state index contributed by atoms with van der Waals surface area (Å²) in [7, 11) is 1.76. The molecule has 0 saturated heterocycles. The lowest BCUT2D eigenvalue weighted by Crippen LogP contribution is -2.35. The summed E-state index contributed by atoms with van der Waals surface area (Å²) in [6.45, 7) is 4.40. The van der Waals surface area contributed by atoms with Crippen LogP contribution in [0.25, 0.3) is 0 Å². The van der Waals surface area contributed by atoms with Gasteiger partial charge in [0.25, 0.3) is 0 Å². The summed E-state index contributed by atoms with van der Waals surface area (Å²) < 4.78 is 0. The topological polar surface area (TPSA) is 58.2 Å². The predicted octanol–water partition coefficient (Wildman–Crippen LogP) is 0.813. The van der Waals surface area contributed by atoms with Gasteiger partial charge in [0, 0.05) is 12.3 Å². The fourth-order valence-electron chi connectivity index (χ4n) is 1.13. The number of carbonyl (C=O) groups excluding carboxylic acids is 2. The molecule has 94 valence electrons. The number of hydrogen-bond donors (Lipinski definition) is 2. The highest BCUT2D eigenvalue weighted by Crippen LogP contribution is 2.03. The minimum absolute atomic E-state index is 0.0526. The Kier molecular flexibility index (Phi) is 9.33. The van der Waals surface area contributed by atoms with Gasteiger partial charge in [-0.25, -0.2) is 0 Å². The molecule has 0 aromatic rings. The average molecular weight is 246 g/mol. The molecule has 5 heteroatoms. The Hall–Kier alpha value is -0.550. The molecule has 0 radical (unpaired) electrons. The lowest BCUT2D eigenvalue weighted by atomic mass is 10.2. The van der Waals surface area contributed by atoms with E-state index in [1.54, 1.807) is 14.0 Å². The molecule has 0 rings (SSSR count). The third kappa shape index (κ3) is 7.70. The third-order valence-electron chi connectivity index (χ3n) is 2.21. The number of carbonyl (C=O) groups is 2. The molecule has 0 saturated carbocycles. The first-order valence-electron chi connectivity index (χ1n) is 5.64. The molecule has 2 N–H and O–H groups in total. The highest BCUT2D eigenvalue weighted by atomic mass is 32.2. The van der Waals surface area contributed by atoms with E-state index in [0.717, 1.165) is 19.4 Å². The second-order valence-corrected chi connectivity index (χ2v) is 4.70. The maximum atomic E-state index is 11.3. The fraction of sp³-hybridized carbons (Fsp3) is 0.818. The fourth-order valence-corrected chi connectivity index (χ4v) is 2.17. The quantitative estimate of drug-likeness (QED) is 0.591. The second-order valence-electron chi connectivity index (χ2n) is 3.67. The van der Waals surface area contributed by atoms with Crippen molar-refractivity contribution in [2.75, 3.05) is 25.1 Å². The molecule has 4 nitrogen and oxygen atoms in total. The van der Waals surface area contributed by atoms with Gasteiger partial charge >= 0.3 is 0 Å². The van der Waals surface area contributed by atoms with Crippen molar-refractivity contribution in [3.05, 3.63) is 0 Å². The Labute approximate surface area is 102 Å². The van der Waals surface area contributed by atoms with Gasteiger partial charge in [-0.3, -0.25) is 9.59 Å². The van der Waals surface area contributed by atoms with Crippen LogP contribution in [0.4, 0.5) is 0 Å². The minimum atomic E-state index is -0.145. The molecule has 0 aromatic carbocycles. The van der Waals surface area contributed by atoms with E-state index >= 15 is 0 Å². The van der Waals surface area contributed by atoms with Crippen molar-refractivity contribution >= 4 is 23.5 Å². The van der Waals surface area contributed by atoms with Crippen molar-refractivity contribution in [2.24, 2.45) is 0 Å². The first-order chi connectivity index (χ1) is 7.61. The van der Waals surface area contributed by atoms with E-state index in [1.807, 2.05) is 0 Å². The van der Waals surface area contributed by atoms with E-state index < -0.39 is 0 Å². The van der Waals surface area contributed by atoms with Gasteiger partial charge in [0.15, 0.2) is 0 Å². The molecule has 0 heterocycles. The maximum Gasteiger partial charge on any atom is 0.229 e. The van der Waals surface area contributed by atoms with Crippen molar-refractivity contribution in [3.63, 3.8) is 0 Å². The van der Waals surface area contributed by atoms with Crippen molar-refractivity contribution in [1.82, 2.24) is 10.6 Å². The molecule has 0 aromatic heterocycles. The Bertz CT molecular complexity index is 222. The van der Waals surface area contributed by atoms with E-state index in [4.69, 9.17) is 0 Å². The molecule has 16 heavy (non-hydrogen) atoms. The normalized spacial score (nSPS) is 12.2. The van der Waals surface area contributed by atoms with Gasteiger partial charge in [-0.05, 0) is 20.4 Å². The molecule has 0 aliphatic heterocycles. The number of amides is 1. The van der Waals surface area contributed by atoms with Crippen molar-refractivity contribution in [3.8, 4) is 0 Å². The molecule has 0 aliphatic rings. The summed E-state index contributed by atoms with van der Waals surface area (Å²) >= 11 is 1.49. The van der Waals surface area contributed by atoms with Crippen LogP contribution in [0.3, 0.4) is 0 Å². The number of rotatable bonds is 9. The molecule has 1 amide bonds. The second kappa shape index (κ2) is 9.66. The van der Waals surface area contributed by atoms with Crippen molar-refractivity contribution in [2.45, 2.75) is 32.7 Å². The first kappa shape index (κ1) is 15.4. The Balaban J connectivity index is 3.56. The SMILES string of the molecule is CCCCNC(=O)CSCC(NC)C(C)=O. The van der Waals surface area contributed by atoms with Crippen LogP contribution in [0, 0.1) is 0 Å². The van der Waals surface area contributed by atoms with Crippen LogP contribution < -0.4 is 10.6 Å². The Morgan fingerprint density at radius 3 is 2.56 bits per heavy atom. The summed E-state index contributed by atoms with van der Waals surface area (Å²) in [6, 6.07) is -0.145. The van der Waals surface area contributed by atoms with Gasteiger partial charge in [0.2, 0.25) is 5.91 Å². The number of nitrogens with one attached hydrogen (secondary N) is 2. The van der Waals surface area contributed by atoms with Crippen LogP contribution in [0.15, 0.2) is 0 Å². The summed E-state index contributed by atoms with van der Waals surface area (Å²) in [6.07, 6.45) is 2.10. The van der Waals surface area contributed by atoms with Crippen LogP contribution >= 0.6 is 11.8 Å². The third-order valence-corrected chi connectivity index (χ3v) is 3.24. The van der Waals surface area contributed by atoms with Crippen LogP contribution in [0.2, 0.25) is 0 Å². The molecule has 1 atom stereocenters. The van der Waals surface area contributed by atoms with Gasteiger partial charge in [-0.15, -0.1) is 11.8 Å². The van der Waals surface area contributed by atoms with Gasteiger partial charge in [-0.2, -0.15) is 0 Å². The Morgan fingerprint density at radius 1 is 1.38 bits per heavy atom. The van der Waals surface area contributed by atoms with Crippen LogP contribution in [-0.2, 0) is 9.59 Å². The van der Waals surface area contributed by atoms with Gasteiger partial charge in [0.1, 0.15) is 5.78 Å². The summed E-state index contributed by atoms with van der Waals surface area (Å²) in [4.78, 5) is 22.4. The zero-order chi connectivity index (χ0) is 12.4. The van der Waals surface area contributed by atoms with Crippen LogP contribution in [0.1, 0.15) is 26.7 Å². The van der Waals surface area contributed by atoms with Crippen molar-refractivity contribution < 1.29 is 9.59 Å². The monoisotopic (exact) mass is 246 g/mol. The van der Waals surface area contributed by atoms with E-state index in [9.17, 15) is 9.59 Å². The minimum Gasteiger partial charge on any atom is -0.355 e. The largest absolute Gasteiger partial charge is 0.355 e. The van der Waals surface area contributed by atoms with E-state index in [1.165, 1.54) is 11.8 Å². The van der Waals surface area contributed by atoms with Crippen LogP contribution in [0.5, 0.6) is 0 Å². The van der Waals surface area contributed by atoms with Gasteiger partial charge in [0.05, 0.1) is 11.8 Å². The number of likely N-dealkylation sites (N-methyl/N-ethyl adjacent to an activating group) is 1. The predicted molar refractivity (Wildman–Crippen MR) is 68.8 cm³/mol. The average Bonchev–Trinajstić information content (AvgIpc) is 2.24. The van der Waals surface area contributed by atoms with Gasteiger partial charge in [-0.1, -0.05) is 13.3 Å². The number of hydrogen-bond acceptors (Lipinski definition) is 4. The van der Waals surface area contributed by atoms with Crippen LogP contribution in [-0.4, -0.2) is 42.8 Å². The van der Waals surface area contributed by atoms with E-state index in [2.05, 4.69) is 17.6 Å². The number of ketones is 1. The first-order valence-corrected chi connectivity index (χ1v) is 6.79. The van der Waals surface area contributed by atoms with Gasteiger partial charge < -0.3 is 10.6 Å². The molecule has 0 spiro atoms. The lowest BCUT2D eigenvalue weighted by Gasteiger charge is -2.11. The van der Waals surface area contributed by atoms with Crippen molar-refractivity contribution in [1.29, 1.82) is 0 Å². The summed E-state index contributed by atoms with van der Waals surface area (Å²) in [5.41, 5.74) is 0. The maximum absolute atomic E-state index is 11.3. The number of Topliss-reactive ketones (excluding diaryl/α,β-unsaturated/α-hetero) is 1. The molecular weight excluding hydrogens is 224 g/mol. The smallest absolute Gasteiger partial charge is 0.229 e. The highest BCUT2D eigenvalue weighted by molar-refractivity contribution is 8.00. The Morgan fingerprint density at radius 2 is 2.06 bits per heavy atom. The lowest BCUT2D eigenvalue weighted by molar-refractivity contribution is -0.119. The zero-order valence-corrected chi connectivity index (χ0v) is 11.2. The number of unbranched alkanes of at least 4 members (excludes halogenated alkanes) is 1. The highest BCUT2D eigenvalue weighted by Gasteiger charge is 2.11. The molecule has 0 aliphatic carbocycles. The summed E-state index contributed by atoms with van der Waals surface area (Å²) in [5.74, 6) is 1.24. The van der Waals surface area contributed by atoms with E-state index in [-0.39, 0.29) is 17.7 Å². The molecule has 0 bridgehead atoms. The van der Waals surface area contributed by atoms with E-state index in [0.29, 0.717) is 11.5 Å².